The number of carbonyl (C=O) groups excluding carboxylic acids is 1. The number of hydrogen-bond donors (Lipinski definition) is 3. The Morgan fingerprint density at radius 3 is 2.56 bits per heavy atom. The Balaban J connectivity index is 1.47. The fourth-order valence-corrected chi connectivity index (χ4v) is 4.14. The first kappa shape index (κ1) is 22.4. The maximum atomic E-state index is 11.9. The van der Waals surface area contributed by atoms with E-state index in [2.05, 4.69) is 40.8 Å². The van der Waals surface area contributed by atoms with Crippen LogP contribution >= 0.6 is 23.1 Å². The molecule has 0 spiro atoms. The van der Waals surface area contributed by atoms with Crippen molar-refractivity contribution in [3.05, 3.63) is 35.3 Å². The van der Waals surface area contributed by atoms with Crippen LogP contribution in [0.3, 0.4) is 0 Å². The lowest BCUT2D eigenvalue weighted by molar-refractivity contribution is -0.117. The van der Waals surface area contributed by atoms with E-state index in [-0.39, 0.29) is 11.8 Å². The van der Waals surface area contributed by atoms with Crippen molar-refractivity contribution in [1.29, 1.82) is 0 Å². The molecule has 9 nitrogen and oxygen atoms in total. The summed E-state index contributed by atoms with van der Waals surface area (Å²) in [7, 11) is 4.04. The van der Waals surface area contributed by atoms with Crippen LogP contribution in [0, 0.1) is 12.8 Å². The summed E-state index contributed by atoms with van der Waals surface area (Å²) in [6.07, 6.45) is 3.78. The molecule has 1 aliphatic rings. The minimum atomic E-state index is 0.101. The van der Waals surface area contributed by atoms with E-state index in [1.54, 1.807) is 11.3 Å². The van der Waals surface area contributed by atoms with Gasteiger partial charge in [-0.1, -0.05) is 0 Å². The average Bonchev–Trinajstić information content (AvgIpc) is 3.52. The Morgan fingerprint density at radius 2 is 1.91 bits per heavy atom. The van der Waals surface area contributed by atoms with Crippen molar-refractivity contribution in [3.63, 3.8) is 0 Å². The number of aryl methyl sites for hydroxylation is 1. The van der Waals surface area contributed by atoms with Crippen LogP contribution in [0.2, 0.25) is 0 Å². The summed E-state index contributed by atoms with van der Waals surface area (Å²) >= 11 is 2.98. The van der Waals surface area contributed by atoms with Crippen LogP contribution in [0.1, 0.15) is 17.7 Å². The third kappa shape index (κ3) is 6.62. The summed E-state index contributed by atoms with van der Waals surface area (Å²) in [5.74, 6) is 1.23. The number of hydrogen-bond acceptors (Lipinski definition) is 10. The van der Waals surface area contributed by atoms with Crippen LogP contribution in [0.5, 0.6) is 0 Å². The first-order valence-electron chi connectivity index (χ1n) is 10.4. The fraction of sp³-hybridized carbons (Fsp3) is 0.381. The van der Waals surface area contributed by atoms with Gasteiger partial charge in [-0.25, -0.2) is 4.98 Å². The van der Waals surface area contributed by atoms with E-state index in [0.29, 0.717) is 23.6 Å². The molecule has 1 fully saturated rings. The molecule has 0 radical (unpaired) electrons. The molecule has 0 unspecified atom stereocenters. The second-order valence-electron chi connectivity index (χ2n) is 7.79. The third-order valence-corrected chi connectivity index (χ3v) is 6.28. The minimum Gasteiger partial charge on any atom is -0.353 e. The number of nitrogens with one attached hydrogen (secondary N) is 3. The van der Waals surface area contributed by atoms with Gasteiger partial charge in [-0.2, -0.15) is 15.0 Å². The zero-order chi connectivity index (χ0) is 22.5. The van der Waals surface area contributed by atoms with Crippen LogP contribution in [-0.2, 0) is 4.79 Å². The smallest absolute Gasteiger partial charge is 0.234 e. The van der Waals surface area contributed by atoms with Gasteiger partial charge in [0, 0.05) is 40.7 Å². The molecule has 0 saturated heterocycles. The van der Waals surface area contributed by atoms with Gasteiger partial charge in [0.2, 0.25) is 17.8 Å². The van der Waals surface area contributed by atoms with Crippen molar-refractivity contribution in [2.75, 3.05) is 43.1 Å². The molecular weight excluding hydrogens is 444 g/mol. The van der Waals surface area contributed by atoms with Gasteiger partial charge >= 0.3 is 0 Å². The summed E-state index contributed by atoms with van der Waals surface area (Å²) in [5, 5.41) is 10.7. The predicted octanol–water partition coefficient (Wildman–Crippen LogP) is 3.85. The van der Waals surface area contributed by atoms with Gasteiger partial charge < -0.3 is 15.5 Å². The van der Waals surface area contributed by atoms with Crippen molar-refractivity contribution < 1.29 is 4.79 Å². The van der Waals surface area contributed by atoms with Gasteiger partial charge in [-0.15, -0.1) is 11.3 Å². The van der Waals surface area contributed by atoms with E-state index < -0.39 is 0 Å². The zero-order valence-corrected chi connectivity index (χ0v) is 19.9. The molecule has 1 aliphatic carbocycles. The lowest BCUT2D eigenvalue weighted by Gasteiger charge is -2.12. The number of aromatic nitrogens is 4. The predicted molar refractivity (Wildman–Crippen MR) is 129 cm³/mol. The Hall–Kier alpha value is -2.76. The van der Waals surface area contributed by atoms with Crippen molar-refractivity contribution in [1.82, 2.24) is 24.8 Å². The minimum absolute atomic E-state index is 0.101. The zero-order valence-electron chi connectivity index (χ0n) is 18.3. The molecule has 2 aromatic heterocycles. The Morgan fingerprint density at radius 1 is 1.16 bits per heavy atom. The molecule has 11 heteroatoms. The quantitative estimate of drug-likeness (QED) is 0.407. The van der Waals surface area contributed by atoms with Gasteiger partial charge in [-0.3, -0.25) is 10.1 Å². The molecule has 1 aromatic carbocycles. The fourth-order valence-electron chi connectivity index (χ4n) is 2.74. The SMILES string of the molecule is Cc1cnc(Nc2nc(NCCN(C)C)nc(Sc3ccc(NC(=O)C4CC4)cc3)n2)s1. The van der Waals surface area contributed by atoms with E-state index in [4.69, 9.17) is 0 Å². The van der Waals surface area contributed by atoms with Crippen molar-refractivity contribution in [2.45, 2.75) is 29.8 Å². The maximum Gasteiger partial charge on any atom is 0.234 e. The number of benzene rings is 1. The highest BCUT2D eigenvalue weighted by atomic mass is 32.2. The third-order valence-electron chi connectivity index (χ3n) is 4.58. The summed E-state index contributed by atoms with van der Waals surface area (Å²) in [4.78, 5) is 34.0. The molecule has 1 saturated carbocycles. The van der Waals surface area contributed by atoms with Gasteiger partial charge in [0.15, 0.2) is 10.3 Å². The highest BCUT2D eigenvalue weighted by Gasteiger charge is 2.29. The lowest BCUT2D eigenvalue weighted by atomic mass is 10.3. The lowest BCUT2D eigenvalue weighted by Crippen LogP contribution is -2.21. The standard InChI is InChI=1S/C21H26N8OS2/c1-13-12-23-20(31-13)27-19-25-18(22-10-11-29(2)3)26-21(28-19)32-16-8-6-15(7-9-16)24-17(30)14-4-5-14/h6-9,12,14H,4-5,10-11H2,1-3H3,(H,24,30)(H2,22,23,25,26,27,28). The molecule has 1 amide bonds. The molecule has 4 rings (SSSR count). The Labute approximate surface area is 195 Å². The van der Waals surface area contributed by atoms with Crippen molar-refractivity contribution in [3.8, 4) is 0 Å². The molecule has 0 bridgehead atoms. The van der Waals surface area contributed by atoms with Crippen molar-refractivity contribution >= 4 is 51.7 Å². The highest BCUT2D eigenvalue weighted by molar-refractivity contribution is 7.99. The van der Waals surface area contributed by atoms with E-state index in [0.717, 1.165) is 40.0 Å². The molecule has 32 heavy (non-hydrogen) atoms. The summed E-state index contributed by atoms with van der Waals surface area (Å²) in [5.41, 5.74) is 0.800. The number of carbonyl (C=O) groups is 1. The normalized spacial score (nSPS) is 13.2. The Kier molecular flexibility index (Phi) is 7.18. The molecule has 3 aromatic rings. The summed E-state index contributed by atoms with van der Waals surface area (Å²) in [6.45, 7) is 3.57. The van der Waals surface area contributed by atoms with Crippen LogP contribution in [-0.4, -0.2) is 57.9 Å². The van der Waals surface area contributed by atoms with Gasteiger partial charge in [0.1, 0.15) is 0 Å². The van der Waals surface area contributed by atoms with Crippen LogP contribution < -0.4 is 16.0 Å². The first-order valence-corrected chi connectivity index (χ1v) is 12.0. The molecule has 2 heterocycles. The first-order chi connectivity index (χ1) is 15.4. The van der Waals surface area contributed by atoms with Crippen LogP contribution in [0.25, 0.3) is 0 Å². The van der Waals surface area contributed by atoms with E-state index in [9.17, 15) is 4.79 Å². The molecule has 0 aliphatic heterocycles. The maximum absolute atomic E-state index is 11.9. The van der Waals surface area contributed by atoms with E-state index >= 15 is 0 Å². The number of thiazole rings is 1. The number of amides is 1. The number of likely N-dealkylation sites (N-methyl/N-ethyl adjacent to an activating group) is 1. The monoisotopic (exact) mass is 470 g/mol. The summed E-state index contributed by atoms with van der Waals surface area (Å²) in [6, 6.07) is 7.70. The van der Waals surface area contributed by atoms with Gasteiger partial charge in [0.05, 0.1) is 0 Å². The molecule has 168 valence electrons. The van der Waals surface area contributed by atoms with Gasteiger partial charge in [0.25, 0.3) is 0 Å². The Bertz CT molecular complexity index is 1070. The van der Waals surface area contributed by atoms with E-state index in [1.165, 1.54) is 11.8 Å². The topological polar surface area (TPSA) is 108 Å². The number of rotatable bonds is 10. The summed E-state index contributed by atoms with van der Waals surface area (Å²) < 4.78 is 0. The van der Waals surface area contributed by atoms with Crippen LogP contribution in [0.15, 0.2) is 40.5 Å². The van der Waals surface area contributed by atoms with Gasteiger partial charge in [-0.05, 0) is 69.9 Å². The van der Waals surface area contributed by atoms with E-state index in [1.807, 2.05) is 51.5 Å². The average molecular weight is 471 g/mol. The second-order valence-corrected chi connectivity index (χ2v) is 10.1. The second kappa shape index (κ2) is 10.2. The molecule has 0 atom stereocenters. The largest absolute Gasteiger partial charge is 0.353 e. The molecule has 3 N–H and O–H groups in total. The van der Waals surface area contributed by atoms with Crippen molar-refractivity contribution in [2.24, 2.45) is 5.92 Å². The number of anilines is 4. The highest BCUT2D eigenvalue weighted by Crippen LogP contribution is 2.31. The number of nitrogens with zero attached hydrogens (tertiary/aromatic N) is 5. The van der Waals surface area contributed by atoms with Crippen LogP contribution in [0.4, 0.5) is 22.7 Å². The molecular formula is C21H26N8OS2.